The number of ether oxygens (including phenoxy) is 5. The number of nitrogens with zero attached hydrogens (tertiary/aromatic N) is 2. The normalized spacial score (nSPS) is 23.1. The number of benzene rings is 1. The molecule has 2 saturated heterocycles. The first-order chi connectivity index (χ1) is 19.6. The fourth-order valence-corrected chi connectivity index (χ4v) is 5.74. The van der Waals surface area contributed by atoms with Crippen LogP contribution in [0.4, 0.5) is 4.79 Å². The van der Waals surface area contributed by atoms with Gasteiger partial charge in [-0.25, -0.2) is 4.79 Å². The highest BCUT2D eigenvalue weighted by atomic mass is 16.6. The Kier molecular flexibility index (Phi) is 10.0. The number of hydrogen-bond donors (Lipinski definition) is 1. The number of carbonyl (C=O) groups excluding carboxylic acids is 2. The molecule has 1 aromatic rings. The van der Waals surface area contributed by atoms with Crippen LogP contribution in [0.25, 0.3) is 0 Å². The largest absolute Gasteiger partial charge is 0.493 e. The molecule has 2 aliphatic heterocycles. The molecular formula is C30H45N3O7. The summed E-state index contributed by atoms with van der Waals surface area (Å²) in [6, 6.07) is 5.97. The molecule has 2 saturated carbocycles. The maximum Gasteiger partial charge on any atom is 0.410 e. The number of amides is 2. The SMILES string of the molecule is COCCCOc1cc(C(=O)N(C[C@@H]2CNC[C@H]2CN(C(=O)OC2CCOCC2)C2CC2)C2CC2)ccc1OC. The second-order valence-corrected chi connectivity index (χ2v) is 11.5. The van der Waals surface area contributed by atoms with E-state index in [9.17, 15) is 9.59 Å². The Hall–Kier alpha value is -2.56. The van der Waals surface area contributed by atoms with Gasteiger partial charge in [-0.3, -0.25) is 4.79 Å². The molecule has 2 amide bonds. The van der Waals surface area contributed by atoms with Gasteiger partial charge in [0.1, 0.15) is 6.10 Å². The first-order valence-electron chi connectivity index (χ1n) is 14.9. The average Bonchev–Trinajstić information content (AvgIpc) is 3.92. The Labute approximate surface area is 237 Å². The van der Waals surface area contributed by atoms with Crippen molar-refractivity contribution < 1.29 is 33.3 Å². The van der Waals surface area contributed by atoms with Crippen LogP contribution < -0.4 is 14.8 Å². The van der Waals surface area contributed by atoms with Gasteiger partial charge in [-0.2, -0.15) is 0 Å². The lowest BCUT2D eigenvalue weighted by Gasteiger charge is -2.32. The predicted molar refractivity (Wildman–Crippen MR) is 149 cm³/mol. The van der Waals surface area contributed by atoms with E-state index in [4.69, 9.17) is 23.7 Å². The quantitative estimate of drug-likeness (QED) is 0.347. The molecule has 10 nitrogen and oxygen atoms in total. The van der Waals surface area contributed by atoms with Crippen LogP contribution in [0.1, 0.15) is 55.3 Å². The number of nitrogens with one attached hydrogen (secondary N) is 1. The summed E-state index contributed by atoms with van der Waals surface area (Å²) in [4.78, 5) is 31.0. The van der Waals surface area contributed by atoms with Gasteiger partial charge in [-0.1, -0.05) is 0 Å². The molecule has 10 heteroatoms. The molecular weight excluding hydrogens is 514 g/mol. The van der Waals surface area contributed by atoms with E-state index in [1.165, 1.54) is 0 Å². The second kappa shape index (κ2) is 13.9. The van der Waals surface area contributed by atoms with Crippen molar-refractivity contribution in [1.82, 2.24) is 15.1 Å². The summed E-state index contributed by atoms with van der Waals surface area (Å²) in [5.74, 6) is 1.75. The van der Waals surface area contributed by atoms with Crippen LogP contribution in [0.3, 0.4) is 0 Å². The van der Waals surface area contributed by atoms with Crippen LogP contribution in [-0.2, 0) is 14.2 Å². The highest BCUT2D eigenvalue weighted by Gasteiger charge is 2.41. The molecule has 0 radical (unpaired) electrons. The second-order valence-electron chi connectivity index (χ2n) is 11.5. The average molecular weight is 560 g/mol. The van der Waals surface area contributed by atoms with Gasteiger partial charge in [0.2, 0.25) is 0 Å². The molecule has 0 aromatic heterocycles. The van der Waals surface area contributed by atoms with E-state index in [2.05, 4.69) is 5.32 Å². The first kappa shape index (κ1) is 29.0. The molecule has 1 N–H and O–H groups in total. The minimum absolute atomic E-state index is 0.0236. The summed E-state index contributed by atoms with van der Waals surface area (Å²) in [5, 5.41) is 3.53. The van der Waals surface area contributed by atoms with Crippen molar-refractivity contribution in [2.45, 2.75) is 63.1 Å². The predicted octanol–water partition coefficient (Wildman–Crippen LogP) is 3.33. The molecule has 0 spiro atoms. The van der Waals surface area contributed by atoms with Crippen LogP contribution in [-0.4, -0.2) is 107 Å². The molecule has 2 aliphatic carbocycles. The van der Waals surface area contributed by atoms with Crippen molar-refractivity contribution >= 4 is 12.0 Å². The lowest BCUT2D eigenvalue weighted by Crippen LogP contribution is -2.44. The standard InChI is InChI=1S/C30H45N3O7/c1-36-12-3-13-39-28-16-21(4-9-27(28)37-2)29(34)32(24-5-6-24)19-22-17-31-18-23(22)20-33(25-7-8-25)30(35)40-26-10-14-38-15-11-26/h4,9,16,22-26,31H,3,5-8,10-15,17-20H2,1-2H3/t22-,23-/m0/s1. The Bertz CT molecular complexity index is 994. The molecule has 2 atom stereocenters. The van der Waals surface area contributed by atoms with Gasteiger partial charge in [-0.05, 0) is 55.7 Å². The number of methoxy groups -OCH3 is 2. The fraction of sp³-hybridized carbons (Fsp3) is 0.733. The summed E-state index contributed by atoms with van der Waals surface area (Å²) < 4.78 is 27.8. The van der Waals surface area contributed by atoms with Gasteiger partial charge in [0.05, 0.1) is 26.9 Å². The number of carbonyl (C=O) groups is 2. The van der Waals surface area contributed by atoms with Crippen molar-refractivity contribution in [3.8, 4) is 11.5 Å². The molecule has 0 bridgehead atoms. The third-order valence-corrected chi connectivity index (χ3v) is 8.41. The topological polar surface area (TPSA) is 98.8 Å². The molecule has 40 heavy (non-hydrogen) atoms. The maximum absolute atomic E-state index is 13.8. The van der Waals surface area contributed by atoms with Crippen molar-refractivity contribution in [3.63, 3.8) is 0 Å². The summed E-state index contributed by atoms with van der Waals surface area (Å²) in [6.07, 6.45) is 6.16. The van der Waals surface area contributed by atoms with Gasteiger partial charge in [-0.15, -0.1) is 0 Å². The summed E-state index contributed by atoms with van der Waals surface area (Å²) in [6.45, 7) is 5.41. The molecule has 1 aromatic carbocycles. The van der Waals surface area contributed by atoms with Gasteiger partial charge in [0.15, 0.2) is 11.5 Å². The number of hydrogen-bond acceptors (Lipinski definition) is 8. The maximum atomic E-state index is 13.8. The van der Waals surface area contributed by atoms with Crippen LogP contribution in [0, 0.1) is 11.8 Å². The lowest BCUT2D eigenvalue weighted by molar-refractivity contribution is -0.0128. The minimum atomic E-state index is -0.188. The van der Waals surface area contributed by atoms with E-state index in [0.29, 0.717) is 56.6 Å². The summed E-state index contributed by atoms with van der Waals surface area (Å²) in [7, 11) is 3.27. The summed E-state index contributed by atoms with van der Waals surface area (Å²) >= 11 is 0. The molecule has 5 rings (SSSR count). The monoisotopic (exact) mass is 559 g/mol. The van der Waals surface area contributed by atoms with Gasteiger partial charge >= 0.3 is 6.09 Å². The van der Waals surface area contributed by atoms with Crippen molar-refractivity contribution in [2.24, 2.45) is 11.8 Å². The molecule has 4 aliphatic rings. The third-order valence-electron chi connectivity index (χ3n) is 8.41. The van der Waals surface area contributed by atoms with E-state index in [1.807, 2.05) is 21.9 Å². The highest BCUT2D eigenvalue weighted by Crippen LogP contribution is 2.35. The van der Waals surface area contributed by atoms with Crippen LogP contribution in [0.15, 0.2) is 18.2 Å². The third kappa shape index (κ3) is 7.59. The Morgan fingerprint density at radius 3 is 2.23 bits per heavy atom. The Morgan fingerprint density at radius 2 is 1.57 bits per heavy atom. The first-order valence-corrected chi connectivity index (χ1v) is 14.9. The van der Waals surface area contributed by atoms with Crippen LogP contribution in [0.2, 0.25) is 0 Å². The van der Waals surface area contributed by atoms with Crippen LogP contribution in [0.5, 0.6) is 11.5 Å². The zero-order chi connectivity index (χ0) is 27.9. The van der Waals surface area contributed by atoms with Crippen molar-refractivity contribution in [2.75, 3.05) is 66.8 Å². The zero-order valence-corrected chi connectivity index (χ0v) is 24.0. The Balaban J connectivity index is 1.23. The van der Waals surface area contributed by atoms with Crippen LogP contribution >= 0.6 is 0 Å². The van der Waals surface area contributed by atoms with E-state index >= 15 is 0 Å². The molecule has 2 heterocycles. The van der Waals surface area contributed by atoms with E-state index in [-0.39, 0.29) is 42.0 Å². The lowest BCUT2D eigenvalue weighted by atomic mass is 9.94. The Morgan fingerprint density at radius 1 is 0.900 bits per heavy atom. The minimum Gasteiger partial charge on any atom is -0.493 e. The molecule has 0 unspecified atom stereocenters. The van der Waals surface area contributed by atoms with Gasteiger partial charge in [0.25, 0.3) is 5.91 Å². The van der Waals surface area contributed by atoms with Gasteiger partial charge in [0, 0.05) is 76.8 Å². The zero-order valence-electron chi connectivity index (χ0n) is 24.0. The molecule has 222 valence electrons. The summed E-state index contributed by atoms with van der Waals surface area (Å²) in [5.41, 5.74) is 0.608. The smallest absolute Gasteiger partial charge is 0.410 e. The van der Waals surface area contributed by atoms with E-state index < -0.39 is 0 Å². The number of rotatable bonds is 14. The van der Waals surface area contributed by atoms with E-state index in [0.717, 1.165) is 58.0 Å². The van der Waals surface area contributed by atoms with Crippen molar-refractivity contribution in [3.05, 3.63) is 23.8 Å². The van der Waals surface area contributed by atoms with Gasteiger partial charge < -0.3 is 38.8 Å². The molecule has 4 fully saturated rings. The highest BCUT2D eigenvalue weighted by molar-refractivity contribution is 5.95. The van der Waals surface area contributed by atoms with E-state index in [1.54, 1.807) is 20.3 Å². The van der Waals surface area contributed by atoms with Crippen molar-refractivity contribution in [1.29, 1.82) is 0 Å². The fourth-order valence-electron chi connectivity index (χ4n) is 5.74.